The lowest BCUT2D eigenvalue weighted by molar-refractivity contribution is -0.000892. The van der Waals surface area contributed by atoms with E-state index in [1.54, 1.807) is 11.8 Å². The molecule has 140 valence electrons. The van der Waals surface area contributed by atoms with Gasteiger partial charge in [0.25, 0.3) is 5.56 Å². The van der Waals surface area contributed by atoms with Gasteiger partial charge < -0.3 is 15.0 Å². The molecule has 5 heteroatoms. The molecule has 2 aromatic rings. The maximum atomic E-state index is 12.2. The number of benzene rings is 1. The maximum absolute atomic E-state index is 12.2. The lowest BCUT2D eigenvalue weighted by Gasteiger charge is -2.19. The molecule has 0 fully saturated rings. The van der Waals surface area contributed by atoms with E-state index < -0.39 is 0 Å². The molecule has 0 unspecified atom stereocenters. The molecule has 1 aromatic heterocycles. The second-order valence-corrected chi connectivity index (χ2v) is 8.03. The zero-order chi connectivity index (χ0) is 19.0. The van der Waals surface area contributed by atoms with Crippen molar-refractivity contribution in [2.45, 2.75) is 46.8 Å². The predicted molar refractivity (Wildman–Crippen MR) is 111 cm³/mol. The maximum Gasteiger partial charge on any atom is 0.252 e. The molecular weight excluding hydrogens is 332 g/mol. The van der Waals surface area contributed by atoms with Crippen LogP contribution in [0.2, 0.25) is 0 Å². The number of H-pyrrole nitrogens is 1. The van der Waals surface area contributed by atoms with Crippen molar-refractivity contribution in [3.8, 4) is 0 Å². The van der Waals surface area contributed by atoms with Crippen LogP contribution in [0.3, 0.4) is 0 Å². The summed E-state index contributed by atoms with van der Waals surface area (Å²) in [4.78, 5) is 15.2. The first-order valence-electron chi connectivity index (χ1n) is 8.56. The number of fused-ring (bicyclic) bond motifs is 1. The summed E-state index contributed by atoms with van der Waals surface area (Å²) >= 11 is 1.75. The first-order chi connectivity index (χ1) is 11.7. The summed E-state index contributed by atoms with van der Waals surface area (Å²) in [5, 5.41) is 4.35. The van der Waals surface area contributed by atoms with Crippen LogP contribution in [0, 0.1) is 13.8 Å². The van der Waals surface area contributed by atoms with Gasteiger partial charge in [0.1, 0.15) is 0 Å². The van der Waals surface area contributed by atoms with E-state index in [-0.39, 0.29) is 11.2 Å². The minimum atomic E-state index is -0.128. The molecule has 0 aliphatic heterocycles. The van der Waals surface area contributed by atoms with E-state index in [0.717, 1.165) is 28.6 Å². The average molecular weight is 365 g/mol. The summed E-state index contributed by atoms with van der Waals surface area (Å²) in [6.45, 7) is 12.1. The van der Waals surface area contributed by atoms with Gasteiger partial charge in [-0.25, -0.2) is 0 Å². The van der Waals surface area contributed by atoms with Gasteiger partial charge in [-0.15, -0.1) is 0 Å². The van der Waals surface area contributed by atoms with Gasteiger partial charge in [-0.1, -0.05) is 11.6 Å². The van der Waals surface area contributed by atoms with Gasteiger partial charge in [-0.05, 0) is 70.2 Å². The summed E-state index contributed by atoms with van der Waals surface area (Å²) in [5.74, 6) is 0. The van der Waals surface area contributed by atoms with Gasteiger partial charge in [0.2, 0.25) is 0 Å². The smallest absolute Gasteiger partial charge is 0.252 e. The molecule has 0 spiro atoms. The Hall–Kier alpha value is -1.30. The molecule has 1 heterocycles. The third-order valence-electron chi connectivity index (χ3n) is 3.50. The van der Waals surface area contributed by atoms with E-state index in [2.05, 4.69) is 29.4 Å². The summed E-state index contributed by atoms with van der Waals surface area (Å²) in [6.07, 6.45) is 4.08. The fourth-order valence-corrected chi connectivity index (χ4v) is 2.52. The number of ether oxygens (including phenoxy) is 1. The van der Waals surface area contributed by atoms with Gasteiger partial charge >= 0.3 is 0 Å². The van der Waals surface area contributed by atoms with Crippen molar-refractivity contribution in [1.82, 2.24) is 10.3 Å². The van der Waals surface area contributed by atoms with Crippen molar-refractivity contribution in [3.05, 3.63) is 45.2 Å². The highest BCUT2D eigenvalue weighted by Gasteiger charge is 2.09. The number of thioether (sulfide) groups is 1. The van der Waals surface area contributed by atoms with Crippen LogP contribution in [0.25, 0.3) is 10.9 Å². The molecule has 0 radical (unpaired) electrons. The van der Waals surface area contributed by atoms with Crippen molar-refractivity contribution >= 4 is 22.7 Å². The largest absolute Gasteiger partial charge is 0.375 e. The average Bonchev–Trinajstić information content (AvgIpc) is 2.48. The molecule has 0 aliphatic rings. The number of aromatic amines is 1. The number of aryl methyl sites for hydroxylation is 2. The van der Waals surface area contributed by atoms with Crippen LogP contribution < -0.4 is 10.9 Å². The van der Waals surface area contributed by atoms with Crippen molar-refractivity contribution in [2.75, 3.05) is 25.7 Å². The van der Waals surface area contributed by atoms with Gasteiger partial charge in [-0.2, -0.15) is 11.8 Å². The number of pyridine rings is 1. The lowest BCUT2D eigenvalue weighted by Crippen LogP contribution is -2.28. The third-order valence-corrected chi connectivity index (χ3v) is 3.50. The number of aromatic nitrogens is 1. The number of rotatable bonds is 5. The Kier molecular flexibility index (Phi) is 8.69. The molecule has 0 saturated heterocycles. The summed E-state index contributed by atoms with van der Waals surface area (Å²) in [5.41, 5.74) is 3.84. The van der Waals surface area contributed by atoms with Gasteiger partial charge in [0, 0.05) is 18.7 Å². The monoisotopic (exact) mass is 364 g/mol. The topological polar surface area (TPSA) is 54.1 Å². The molecule has 25 heavy (non-hydrogen) atoms. The predicted octanol–water partition coefficient (Wildman–Crippen LogP) is 4.03. The summed E-state index contributed by atoms with van der Waals surface area (Å²) < 4.78 is 5.65. The number of hydrogen-bond donors (Lipinski definition) is 2. The van der Waals surface area contributed by atoms with E-state index in [1.165, 1.54) is 5.56 Å². The molecule has 0 aliphatic carbocycles. The summed E-state index contributed by atoms with van der Waals surface area (Å²) in [6, 6.07) is 6.16. The minimum absolute atomic E-state index is 0.0244. The molecule has 2 rings (SSSR count). The molecule has 1 aromatic carbocycles. The Morgan fingerprint density at radius 1 is 1.16 bits per heavy atom. The minimum Gasteiger partial charge on any atom is -0.375 e. The molecule has 2 N–H and O–H groups in total. The van der Waals surface area contributed by atoms with Crippen molar-refractivity contribution in [3.63, 3.8) is 0 Å². The first-order valence-corrected chi connectivity index (χ1v) is 10.2. The lowest BCUT2D eigenvalue weighted by atomic mass is 10.1. The SMILES string of the molecule is CSC.Cc1cc(C)c2[nH]c(=O)c(CNCCOC(C)(C)C)cc2c1. The van der Waals surface area contributed by atoms with E-state index in [1.807, 2.05) is 46.3 Å². The highest BCUT2D eigenvalue weighted by Crippen LogP contribution is 2.17. The van der Waals surface area contributed by atoms with Crippen LogP contribution >= 0.6 is 11.8 Å². The van der Waals surface area contributed by atoms with Gasteiger partial charge in [0.15, 0.2) is 0 Å². The molecular formula is C20H32N2O2S. The second-order valence-electron chi connectivity index (χ2n) is 7.22. The Morgan fingerprint density at radius 3 is 2.40 bits per heavy atom. The van der Waals surface area contributed by atoms with E-state index >= 15 is 0 Å². The van der Waals surface area contributed by atoms with E-state index in [0.29, 0.717) is 13.2 Å². The van der Waals surface area contributed by atoms with Crippen molar-refractivity contribution in [2.24, 2.45) is 0 Å². The number of nitrogens with one attached hydrogen (secondary N) is 2. The molecule has 0 atom stereocenters. The Labute approximate surface area is 155 Å². The van der Waals surface area contributed by atoms with Crippen LogP contribution in [0.5, 0.6) is 0 Å². The van der Waals surface area contributed by atoms with Crippen LogP contribution in [0.1, 0.15) is 37.5 Å². The number of hydrogen-bond acceptors (Lipinski definition) is 4. The molecule has 0 saturated carbocycles. The molecule has 0 amide bonds. The quantitative estimate of drug-likeness (QED) is 0.787. The molecule has 4 nitrogen and oxygen atoms in total. The summed E-state index contributed by atoms with van der Waals surface area (Å²) in [7, 11) is 0. The van der Waals surface area contributed by atoms with Crippen molar-refractivity contribution < 1.29 is 4.74 Å². The molecule has 0 bridgehead atoms. The Bertz CT molecular complexity index is 733. The van der Waals surface area contributed by atoms with Crippen LogP contribution in [0.15, 0.2) is 23.0 Å². The fraction of sp³-hybridized carbons (Fsp3) is 0.550. The highest BCUT2D eigenvalue weighted by atomic mass is 32.2. The van der Waals surface area contributed by atoms with E-state index in [4.69, 9.17) is 4.74 Å². The highest BCUT2D eigenvalue weighted by molar-refractivity contribution is 7.97. The van der Waals surface area contributed by atoms with Crippen LogP contribution in [-0.2, 0) is 11.3 Å². The van der Waals surface area contributed by atoms with Gasteiger partial charge in [0.05, 0.1) is 17.7 Å². The van der Waals surface area contributed by atoms with Crippen molar-refractivity contribution in [1.29, 1.82) is 0 Å². The normalized spacial score (nSPS) is 11.3. The van der Waals surface area contributed by atoms with E-state index in [9.17, 15) is 4.79 Å². The zero-order valence-corrected chi connectivity index (χ0v) is 17.4. The third kappa shape index (κ3) is 7.63. The fourth-order valence-electron chi connectivity index (χ4n) is 2.52. The van der Waals surface area contributed by atoms with Crippen LogP contribution in [0.4, 0.5) is 0 Å². The second kappa shape index (κ2) is 10.00. The van der Waals surface area contributed by atoms with Gasteiger partial charge in [-0.3, -0.25) is 4.79 Å². The zero-order valence-electron chi connectivity index (χ0n) is 16.6. The Balaban J connectivity index is 0.000000970. The standard InChI is InChI=1S/C18H26N2O2.C2H6S/c1-12-8-13(2)16-14(9-12)10-15(17(21)20-16)11-19-6-7-22-18(3,4)5;1-3-2/h8-10,19H,6-7,11H2,1-5H3,(H,20,21);1-2H3. The first kappa shape index (κ1) is 21.7. The Morgan fingerprint density at radius 2 is 1.80 bits per heavy atom. The van der Waals surface area contributed by atoms with Crippen LogP contribution in [-0.4, -0.2) is 36.2 Å².